The number of benzene rings is 1. The number of hydrogen-bond donors (Lipinski definition) is 3. The Morgan fingerprint density at radius 3 is 2.42 bits per heavy atom. The Labute approximate surface area is 190 Å². The monoisotopic (exact) mass is 469 g/mol. The third-order valence-electron chi connectivity index (χ3n) is 5.78. The molecule has 1 aliphatic heterocycles. The van der Waals surface area contributed by atoms with E-state index in [4.69, 9.17) is 0 Å². The summed E-state index contributed by atoms with van der Waals surface area (Å²) >= 11 is 0. The van der Waals surface area contributed by atoms with Gasteiger partial charge in [0.25, 0.3) is 0 Å². The molecule has 1 saturated heterocycles. The first kappa shape index (κ1) is 25.1. The summed E-state index contributed by atoms with van der Waals surface area (Å²) in [5.41, 5.74) is 0.0903. The molecule has 0 aliphatic carbocycles. The molecule has 2 aromatic rings. The van der Waals surface area contributed by atoms with Crippen molar-refractivity contribution < 1.29 is 28.2 Å². The predicted octanol–water partition coefficient (Wildman–Crippen LogP) is 2.31. The zero-order valence-corrected chi connectivity index (χ0v) is 19.0. The van der Waals surface area contributed by atoms with E-state index in [-0.39, 0.29) is 24.1 Å². The largest absolute Gasteiger partial charge is 0.418 e. The highest BCUT2D eigenvalue weighted by atomic mass is 19.4. The van der Waals surface area contributed by atoms with Crippen LogP contribution < -0.4 is 5.32 Å². The van der Waals surface area contributed by atoms with E-state index < -0.39 is 29.8 Å². The average molecular weight is 470 g/mol. The van der Waals surface area contributed by atoms with Gasteiger partial charge in [0.05, 0.1) is 12.3 Å². The van der Waals surface area contributed by atoms with E-state index in [1.807, 2.05) is 20.8 Å². The number of alkyl halides is 3. The van der Waals surface area contributed by atoms with Crippen molar-refractivity contribution in [3.8, 4) is 11.3 Å². The number of nitrogens with zero attached hydrogens (tertiary/aromatic N) is 4. The second-order valence-corrected chi connectivity index (χ2v) is 9.51. The molecule has 0 spiro atoms. The molecule has 4 atom stereocenters. The van der Waals surface area contributed by atoms with Crippen LogP contribution >= 0.6 is 0 Å². The Balaban J connectivity index is 1.87. The van der Waals surface area contributed by atoms with Crippen molar-refractivity contribution in [3.63, 3.8) is 0 Å². The van der Waals surface area contributed by atoms with Crippen LogP contribution in [0.1, 0.15) is 44.9 Å². The van der Waals surface area contributed by atoms with E-state index in [9.17, 15) is 28.2 Å². The van der Waals surface area contributed by atoms with Crippen molar-refractivity contribution in [1.29, 1.82) is 0 Å². The topological polar surface area (TPSA) is 104 Å². The maximum atomic E-state index is 13.5. The summed E-state index contributed by atoms with van der Waals surface area (Å²) in [6, 6.07) is 4.38. The minimum absolute atomic E-state index is 0.141. The Hall–Kier alpha value is -2.50. The number of halogens is 3. The number of aliphatic hydroxyl groups is 2. The molecule has 3 N–H and O–H groups in total. The lowest BCUT2D eigenvalue weighted by atomic mass is 9.85. The van der Waals surface area contributed by atoms with E-state index in [0.29, 0.717) is 24.2 Å². The van der Waals surface area contributed by atoms with Crippen molar-refractivity contribution in [2.24, 2.45) is 5.41 Å². The van der Waals surface area contributed by atoms with Crippen molar-refractivity contribution >= 4 is 5.91 Å². The Bertz CT molecular complexity index is 955. The molecule has 1 aliphatic rings. The maximum absolute atomic E-state index is 13.5. The number of carbonyl (C=O) groups is 1. The third kappa shape index (κ3) is 5.53. The molecular formula is C22H30F3N5O3. The molecule has 3 rings (SSSR count). The molecule has 0 saturated carbocycles. The van der Waals surface area contributed by atoms with E-state index in [1.54, 1.807) is 18.1 Å². The number of amides is 1. The number of rotatable bonds is 6. The number of aromatic nitrogens is 3. The van der Waals surface area contributed by atoms with E-state index >= 15 is 0 Å². The minimum atomic E-state index is -4.75. The van der Waals surface area contributed by atoms with Gasteiger partial charge in [-0.1, -0.05) is 50.3 Å². The molecule has 11 heteroatoms. The zero-order valence-electron chi connectivity index (χ0n) is 19.0. The van der Waals surface area contributed by atoms with Crippen LogP contribution in [0.5, 0.6) is 0 Å². The first-order valence-corrected chi connectivity index (χ1v) is 10.7. The van der Waals surface area contributed by atoms with Crippen LogP contribution in [-0.2, 0) is 4.79 Å². The number of carbonyl (C=O) groups excluding carboxylic acids is 1. The lowest BCUT2D eigenvalue weighted by Crippen LogP contribution is -2.47. The van der Waals surface area contributed by atoms with Crippen LogP contribution in [0.15, 0.2) is 30.5 Å². The Morgan fingerprint density at radius 2 is 1.88 bits per heavy atom. The van der Waals surface area contributed by atoms with Gasteiger partial charge in [0.15, 0.2) is 6.10 Å². The van der Waals surface area contributed by atoms with Gasteiger partial charge in [-0.2, -0.15) is 13.2 Å². The quantitative estimate of drug-likeness (QED) is 0.600. The van der Waals surface area contributed by atoms with Crippen LogP contribution in [0.25, 0.3) is 11.3 Å². The highest BCUT2D eigenvalue weighted by Crippen LogP contribution is 2.36. The van der Waals surface area contributed by atoms with E-state index in [1.165, 1.54) is 28.9 Å². The van der Waals surface area contributed by atoms with Crippen LogP contribution in [-0.4, -0.2) is 74.5 Å². The van der Waals surface area contributed by atoms with Crippen molar-refractivity contribution in [2.75, 3.05) is 20.1 Å². The number of nitrogens with one attached hydrogen (secondary N) is 1. The Kier molecular flexibility index (Phi) is 7.15. The molecule has 0 radical (unpaired) electrons. The number of hydrogen-bond acceptors (Lipinski definition) is 6. The van der Waals surface area contributed by atoms with Gasteiger partial charge < -0.3 is 20.4 Å². The minimum Gasteiger partial charge on any atom is -0.391 e. The number of likely N-dealkylation sites (N-methyl/N-ethyl adjacent to an activating group) is 1. The highest BCUT2D eigenvalue weighted by Gasteiger charge is 2.43. The van der Waals surface area contributed by atoms with Gasteiger partial charge in [-0.3, -0.25) is 4.79 Å². The van der Waals surface area contributed by atoms with Gasteiger partial charge in [-0.05, 0) is 24.4 Å². The SMILES string of the molecule is CNCC1CC(O)CN1C(=O)C(n1cc(-c2ccc(C(O)C(F)(F)F)cc2)nn1)C(C)(C)C. The smallest absolute Gasteiger partial charge is 0.391 e. The molecule has 1 fully saturated rings. The summed E-state index contributed by atoms with van der Waals surface area (Å²) in [5.74, 6) is -0.181. The molecule has 1 aromatic carbocycles. The lowest BCUT2D eigenvalue weighted by Gasteiger charge is -2.35. The van der Waals surface area contributed by atoms with Crippen LogP contribution in [0, 0.1) is 5.41 Å². The van der Waals surface area contributed by atoms with Gasteiger partial charge in [0.1, 0.15) is 11.7 Å². The highest BCUT2D eigenvalue weighted by molar-refractivity contribution is 5.82. The lowest BCUT2D eigenvalue weighted by molar-refractivity contribution is -0.206. The standard InChI is InChI=1S/C22H30F3N5O3/c1-21(2,3)18(20(33)29-11-16(31)9-15(29)10-26-4)30-12-17(27-28-30)13-5-7-14(8-6-13)19(32)22(23,24)25/h5-8,12,15-16,18-19,26,31-32H,9-11H2,1-4H3. The number of β-amino-alcohol motifs (C(OH)–C–C–N with tert-alkyl or cyclic N) is 1. The summed E-state index contributed by atoms with van der Waals surface area (Å²) in [6.45, 7) is 6.51. The molecular weight excluding hydrogens is 439 g/mol. The predicted molar refractivity (Wildman–Crippen MR) is 115 cm³/mol. The van der Waals surface area contributed by atoms with Crippen molar-refractivity contribution in [1.82, 2.24) is 25.2 Å². The van der Waals surface area contributed by atoms with Gasteiger partial charge in [0.2, 0.25) is 5.91 Å². The van der Waals surface area contributed by atoms with Crippen LogP contribution in [0.2, 0.25) is 0 Å². The fraction of sp³-hybridized carbons (Fsp3) is 0.591. The summed E-state index contributed by atoms with van der Waals surface area (Å²) < 4.78 is 39.7. The molecule has 1 aromatic heterocycles. The van der Waals surface area contributed by atoms with Gasteiger partial charge >= 0.3 is 6.18 Å². The fourth-order valence-electron chi connectivity index (χ4n) is 4.19. The maximum Gasteiger partial charge on any atom is 0.418 e. The summed E-state index contributed by atoms with van der Waals surface area (Å²) in [4.78, 5) is 15.2. The van der Waals surface area contributed by atoms with Gasteiger partial charge in [0, 0.05) is 24.7 Å². The van der Waals surface area contributed by atoms with E-state index in [0.717, 1.165) is 0 Å². The number of aliphatic hydroxyl groups excluding tert-OH is 2. The Morgan fingerprint density at radius 1 is 1.24 bits per heavy atom. The second-order valence-electron chi connectivity index (χ2n) is 9.51. The molecule has 0 bridgehead atoms. The molecule has 4 unspecified atom stereocenters. The molecule has 33 heavy (non-hydrogen) atoms. The molecule has 182 valence electrons. The van der Waals surface area contributed by atoms with E-state index in [2.05, 4.69) is 15.6 Å². The average Bonchev–Trinajstić information content (AvgIpc) is 3.33. The van der Waals surface area contributed by atoms with Gasteiger partial charge in [-0.25, -0.2) is 4.68 Å². The normalized spacial score (nSPS) is 21.3. The summed E-state index contributed by atoms with van der Waals surface area (Å²) in [6.07, 6.45) is -5.83. The first-order chi connectivity index (χ1) is 15.3. The van der Waals surface area contributed by atoms with Crippen molar-refractivity contribution in [3.05, 3.63) is 36.0 Å². The fourth-order valence-corrected chi connectivity index (χ4v) is 4.19. The first-order valence-electron chi connectivity index (χ1n) is 10.7. The van der Waals surface area contributed by atoms with Crippen LogP contribution in [0.4, 0.5) is 13.2 Å². The molecule has 2 heterocycles. The molecule has 8 nitrogen and oxygen atoms in total. The summed E-state index contributed by atoms with van der Waals surface area (Å²) in [5, 5.41) is 30.8. The molecule has 1 amide bonds. The third-order valence-corrected chi connectivity index (χ3v) is 5.78. The number of likely N-dealkylation sites (tertiary alicyclic amines) is 1. The summed E-state index contributed by atoms with van der Waals surface area (Å²) in [7, 11) is 1.79. The van der Waals surface area contributed by atoms with Gasteiger partial charge in [-0.15, -0.1) is 5.10 Å². The van der Waals surface area contributed by atoms with Crippen molar-refractivity contribution in [2.45, 2.75) is 57.7 Å². The zero-order chi connectivity index (χ0) is 24.6. The van der Waals surface area contributed by atoms with Crippen LogP contribution in [0.3, 0.4) is 0 Å². The second kappa shape index (κ2) is 9.40.